The lowest BCUT2D eigenvalue weighted by atomic mass is 10.1. The third-order valence-electron chi connectivity index (χ3n) is 3.74. The Hall–Kier alpha value is -0.320. The first-order valence-corrected chi connectivity index (χ1v) is 9.34. The van der Waals surface area contributed by atoms with Crippen molar-refractivity contribution in [3.8, 4) is 0 Å². The molecule has 0 saturated carbocycles. The molecule has 0 aromatic carbocycles. The fraction of sp³-hybridized carbons (Fsp3) is 1.00. The van der Waals surface area contributed by atoms with Gasteiger partial charge in [-0.15, -0.1) is 0 Å². The monoisotopic (exact) mass is 382 g/mol. The number of likely N-dealkylation sites (N-methyl/N-ethyl adjacent to an activating group) is 1. The molecule has 158 valence electrons. The summed E-state index contributed by atoms with van der Waals surface area (Å²) in [5.41, 5.74) is 0. The zero-order chi connectivity index (χ0) is 20.2. The van der Waals surface area contributed by atoms with Gasteiger partial charge in [0, 0.05) is 0 Å². The van der Waals surface area contributed by atoms with Gasteiger partial charge in [0.1, 0.15) is 24.9 Å². The molecule has 0 rings (SSSR count). The molecular formula is C18H40NO7+. The summed E-state index contributed by atoms with van der Waals surface area (Å²) in [6.45, 7) is 4.20. The average Bonchev–Trinajstić information content (AvgIpc) is 2.53. The van der Waals surface area contributed by atoms with E-state index in [4.69, 9.17) is 14.2 Å². The minimum atomic E-state index is -0.589. The second-order valence-corrected chi connectivity index (χ2v) is 7.86. The van der Waals surface area contributed by atoms with E-state index in [1.165, 1.54) is 0 Å². The first-order valence-electron chi connectivity index (χ1n) is 9.34. The lowest BCUT2D eigenvalue weighted by Crippen LogP contribution is -2.43. The molecule has 0 amide bonds. The van der Waals surface area contributed by atoms with Crippen molar-refractivity contribution in [2.24, 2.45) is 0 Å². The molecule has 26 heavy (non-hydrogen) atoms. The highest BCUT2D eigenvalue weighted by Crippen LogP contribution is 2.11. The summed E-state index contributed by atoms with van der Waals surface area (Å²) in [5, 5.41) is 38.2. The molecule has 0 aromatic heterocycles. The molecule has 5 unspecified atom stereocenters. The van der Waals surface area contributed by atoms with E-state index in [2.05, 4.69) is 0 Å². The fourth-order valence-corrected chi connectivity index (χ4v) is 2.52. The van der Waals surface area contributed by atoms with E-state index in [1.807, 2.05) is 28.1 Å². The number of rotatable bonds is 16. The van der Waals surface area contributed by atoms with E-state index >= 15 is 0 Å². The summed E-state index contributed by atoms with van der Waals surface area (Å²) >= 11 is 0. The molecular weight excluding hydrogens is 342 g/mol. The van der Waals surface area contributed by atoms with Gasteiger partial charge in [0.25, 0.3) is 0 Å². The number of aliphatic hydroxyl groups is 4. The summed E-state index contributed by atoms with van der Waals surface area (Å²) in [5.74, 6) is 0. The van der Waals surface area contributed by atoms with Crippen molar-refractivity contribution in [2.45, 2.75) is 57.2 Å². The van der Waals surface area contributed by atoms with E-state index in [0.717, 1.165) is 6.42 Å². The highest BCUT2D eigenvalue weighted by Gasteiger charge is 2.20. The van der Waals surface area contributed by atoms with E-state index in [9.17, 15) is 20.4 Å². The van der Waals surface area contributed by atoms with Crippen LogP contribution in [0.4, 0.5) is 0 Å². The second-order valence-electron chi connectivity index (χ2n) is 7.86. The minimum Gasteiger partial charge on any atom is -0.394 e. The van der Waals surface area contributed by atoms with Gasteiger partial charge in [0.05, 0.1) is 66.4 Å². The molecule has 0 spiro atoms. The van der Waals surface area contributed by atoms with Crippen molar-refractivity contribution in [3.63, 3.8) is 0 Å². The molecule has 0 aliphatic heterocycles. The van der Waals surface area contributed by atoms with E-state index in [1.54, 1.807) is 6.92 Å². The van der Waals surface area contributed by atoms with Crippen LogP contribution in [-0.2, 0) is 14.2 Å². The molecule has 0 radical (unpaired) electrons. The SMILES string of the molecule is CCC(CC(C)O)OC(CO)COC(CO)COCC(O)C[N+](C)(C)C. The molecule has 8 heteroatoms. The number of ether oxygens (including phenoxy) is 3. The fourth-order valence-electron chi connectivity index (χ4n) is 2.52. The van der Waals surface area contributed by atoms with Gasteiger partial charge < -0.3 is 39.1 Å². The van der Waals surface area contributed by atoms with Crippen LogP contribution >= 0.6 is 0 Å². The Bertz CT molecular complexity index is 336. The predicted molar refractivity (Wildman–Crippen MR) is 98.9 cm³/mol. The van der Waals surface area contributed by atoms with Crippen molar-refractivity contribution in [3.05, 3.63) is 0 Å². The van der Waals surface area contributed by atoms with Crippen LogP contribution in [0.1, 0.15) is 26.7 Å². The highest BCUT2D eigenvalue weighted by molar-refractivity contribution is 4.66. The maximum absolute atomic E-state index is 9.91. The van der Waals surface area contributed by atoms with Gasteiger partial charge in [0.2, 0.25) is 0 Å². The molecule has 5 atom stereocenters. The number of aliphatic hydroxyl groups excluding tert-OH is 4. The van der Waals surface area contributed by atoms with Gasteiger partial charge in [-0.1, -0.05) is 6.92 Å². The predicted octanol–water partition coefficient (Wildman–Crippen LogP) is -0.625. The van der Waals surface area contributed by atoms with Crippen molar-refractivity contribution in [2.75, 3.05) is 60.7 Å². The quantitative estimate of drug-likeness (QED) is 0.263. The van der Waals surface area contributed by atoms with Crippen LogP contribution < -0.4 is 0 Å². The molecule has 4 N–H and O–H groups in total. The van der Waals surface area contributed by atoms with Gasteiger partial charge in [-0.05, 0) is 19.8 Å². The molecule has 0 aliphatic carbocycles. The van der Waals surface area contributed by atoms with Crippen molar-refractivity contribution in [1.29, 1.82) is 0 Å². The summed E-state index contributed by atoms with van der Waals surface area (Å²) in [4.78, 5) is 0. The highest BCUT2D eigenvalue weighted by atomic mass is 16.6. The summed E-state index contributed by atoms with van der Waals surface area (Å²) in [6, 6.07) is 0. The molecule has 0 aliphatic rings. The van der Waals surface area contributed by atoms with Gasteiger partial charge in [0.15, 0.2) is 0 Å². The van der Waals surface area contributed by atoms with Crippen LogP contribution in [0, 0.1) is 0 Å². The summed E-state index contributed by atoms with van der Waals surface area (Å²) < 4.78 is 17.4. The molecule has 0 aromatic rings. The Labute approximate surface area is 157 Å². The second kappa shape index (κ2) is 13.8. The number of hydrogen-bond donors (Lipinski definition) is 4. The third-order valence-corrected chi connectivity index (χ3v) is 3.74. The molecule has 0 bridgehead atoms. The van der Waals surface area contributed by atoms with Gasteiger partial charge in [-0.3, -0.25) is 0 Å². The lowest BCUT2D eigenvalue weighted by molar-refractivity contribution is -0.873. The van der Waals surface area contributed by atoms with Gasteiger partial charge in [-0.2, -0.15) is 0 Å². The largest absolute Gasteiger partial charge is 0.394 e. The van der Waals surface area contributed by atoms with Crippen LogP contribution in [0.3, 0.4) is 0 Å². The Morgan fingerprint density at radius 3 is 1.96 bits per heavy atom. The van der Waals surface area contributed by atoms with Crippen LogP contribution in [-0.4, -0.2) is 116 Å². The Balaban J connectivity index is 4.20. The molecule has 0 heterocycles. The zero-order valence-electron chi connectivity index (χ0n) is 17.0. The first-order chi connectivity index (χ1) is 12.1. The summed E-state index contributed by atoms with van der Waals surface area (Å²) in [6.07, 6.45) is -1.10. The Morgan fingerprint density at radius 2 is 1.50 bits per heavy atom. The van der Waals surface area contributed by atoms with Crippen LogP contribution in [0.2, 0.25) is 0 Å². The molecule has 0 saturated heterocycles. The van der Waals surface area contributed by atoms with Crippen molar-refractivity contribution < 1.29 is 39.1 Å². The van der Waals surface area contributed by atoms with Crippen molar-refractivity contribution >= 4 is 0 Å². The van der Waals surface area contributed by atoms with E-state index in [0.29, 0.717) is 17.4 Å². The Morgan fingerprint density at radius 1 is 0.885 bits per heavy atom. The van der Waals surface area contributed by atoms with E-state index < -0.39 is 24.4 Å². The van der Waals surface area contributed by atoms with Gasteiger partial charge >= 0.3 is 0 Å². The topological polar surface area (TPSA) is 109 Å². The maximum Gasteiger partial charge on any atom is 0.126 e. The number of quaternary nitrogens is 1. The average molecular weight is 383 g/mol. The Kier molecular flexibility index (Phi) is 13.6. The van der Waals surface area contributed by atoms with E-state index in [-0.39, 0.29) is 39.1 Å². The normalized spacial score (nSPS) is 18.3. The van der Waals surface area contributed by atoms with Crippen molar-refractivity contribution in [1.82, 2.24) is 0 Å². The minimum absolute atomic E-state index is 0.114. The zero-order valence-corrected chi connectivity index (χ0v) is 17.0. The van der Waals surface area contributed by atoms with Crippen LogP contribution in [0.5, 0.6) is 0 Å². The number of hydrogen-bond acceptors (Lipinski definition) is 7. The maximum atomic E-state index is 9.91. The lowest BCUT2D eigenvalue weighted by Gasteiger charge is -2.27. The standard InChI is InChI=1S/C18H40NO7/c1-6-16(7-14(2)22)26-18(10-21)13-25-17(9-20)12-24-11-15(23)8-19(3,4)5/h14-18,20-23H,6-13H2,1-5H3/q+1. The summed E-state index contributed by atoms with van der Waals surface area (Å²) in [7, 11) is 5.96. The van der Waals surface area contributed by atoms with Crippen LogP contribution in [0.15, 0.2) is 0 Å². The third kappa shape index (κ3) is 13.8. The molecule has 8 nitrogen and oxygen atoms in total. The number of nitrogens with zero attached hydrogens (tertiary/aromatic N) is 1. The van der Waals surface area contributed by atoms with Crippen LogP contribution in [0.25, 0.3) is 0 Å². The first kappa shape index (κ1) is 25.7. The molecule has 0 fully saturated rings. The smallest absolute Gasteiger partial charge is 0.126 e. The van der Waals surface area contributed by atoms with Gasteiger partial charge in [-0.25, -0.2) is 0 Å².